The number of likely N-dealkylation sites (N-methyl/N-ethyl adjacent to an activating group) is 1. The number of aryl methyl sites for hydroxylation is 1. The van der Waals surface area contributed by atoms with E-state index < -0.39 is 0 Å². The van der Waals surface area contributed by atoms with E-state index in [-0.39, 0.29) is 32.3 Å². The topological polar surface area (TPSA) is 69.0 Å². The molecule has 7 nitrogen and oxygen atoms in total. The number of amides is 2. The number of hydrogen-bond donors (Lipinski definition) is 1. The van der Waals surface area contributed by atoms with Crippen molar-refractivity contribution in [2.24, 2.45) is 5.92 Å². The van der Waals surface area contributed by atoms with Crippen LogP contribution in [0.1, 0.15) is 50.8 Å². The van der Waals surface area contributed by atoms with Crippen LogP contribution in [0.15, 0.2) is 65.3 Å². The van der Waals surface area contributed by atoms with Crippen LogP contribution < -0.4 is 10.2 Å². The van der Waals surface area contributed by atoms with Crippen LogP contribution in [-0.2, 0) is 22.7 Å². The van der Waals surface area contributed by atoms with Crippen LogP contribution >= 0.6 is 0 Å². The maximum absolute atomic E-state index is 13.5. The van der Waals surface area contributed by atoms with Crippen LogP contribution in [-0.4, -0.2) is 48.5 Å². The Bertz CT molecular complexity index is 1180. The van der Waals surface area contributed by atoms with E-state index in [4.69, 9.17) is 4.42 Å². The summed E-state index contributed by atoms with van der Waals surface area (Å²) in [6.45, 7) is 8.58. The predicted molar refractivity (Wildman–Crippen MR) is 153 cm³/mol. The summed E-state index contributed by atoms with van der Waals surface area (Å²) in [5.74, 6) is 1.20. The lowest BCUT2D eigenvalue weighted by Gasteiger charge is -2.32. The molecule has 2 heterocycles. The minimum atomic E-state index is -0.0874. The van der Waals surface area contributed by atoms with Gasteiger partial charge in [-0.05, 0) is 60.6 Å². The molecule has 1 N–H and O–H groups in total. The molecule has 0 saturated heterocycles. The zero-order valence-electron chi connectivity index (χ0n) is 22.4. The van der Waals surface area contributed by atoms with E-state index in [1.54, 1.807) is 11.3 Å². The lowest BCUT2D eigenvalue weighted by Crippen LogP contribution is -2.48. The third kappa shape index (κ3) is 7.25. The monoisotopic (exact) mass is 518 g/mol. The number of carbonyl (C=O) groups excluding carboxylic acids is 2. The Morgan fingerprint density at radius 1 is 1.03 bits per heavy atom. The minimum Gasteiger partial charge on any atom is -0.464 e. The molecule has 0 radical (unpaired) electrons. The fourth-order valence-electron chi connectivity index (χ4n) is 4.69. The van der Waals surface area contributed by atoms with Crippen LogP contribution in [0, 0.1) is 12.8 Å². The van der Waals surface area contributed by atoms with Gasteiger partial charge in [0.25, 0.3) is 5.91 Å². The molecule has 0 atom stereocenters. The van der Waals surface area contributed by atoms with Crippen LogP contribution in [0.2, 0.25) is 0 Å². The van der Waals surface area contributed by atoms with Gasteiger partial charge < -0.3 is 14.6 Å². The molecule has 1 aliphatic rings. The lowest BCUT2D eigenvalue weighted by atomic mass is 10.1. The van der Waals surface area contributed by atoms with Crippen molar-refractivity contribution in [3.63, 3.8) is 0 Å². The predicted octanol–water partition coefficient (Wildman–Crippen LogP) is 5.64. The van der Waals surface area contributed by atoms with Crippen LogP contribution in [0.25, 0.3) is 11.3 Å². The highest BCUT2D eigenvalue weighted by Crippen LogP contribution is 2.29. The Morgan fingerprint density at radius 3 is 2.37 bits per heavy atom. The van der Waals surface area contributed by atoms with Gasteiger partial charge in [0.15, 0.2) is 0 Å². The third-order valence-corrected chi connectivity index (χ3v) is 6.91. The van der Waals surface area contributed by atoms with Crippen LogP contribution in [0.5, 0.6) is 0 Å². The molecule has 0 aliphatic carbocycles. The molecular formula is C31H42N4O3. The molecule has 0 spiro atoms. The highest BCUT2D eigenvalue weighted by atomic mass is 16.3. The molecule has 2 amide bonds. The second kappa shape index (κ2) is 13.3. The molecule has 7 heteroatoms. The molecule has 0 saturated carbocycles. The number of carbonyl (C=O) groups is 2. The number of hydrazine groups is 1. The smallest absolute Gasteiger partial charge is 0.256 e. The summed E-state index contributed by atoms with van der Waals surface area (Å²) in [6.07, 6.45) is 3.65. The molecule has 1 aromatic heterocycles. The molecule has 2 aromatic carbocycles. The van der Waals surface area contributed by atoms with Gasteiger partial charge in [0.1, 0.15) is 5.76 Å². The first kappa shape index (κ1) is 29.0. The Hall–Kier alpha value is -3.58. The SMILES string of the molecule is C.Cc1ccc(-c2ccco2)cc1N(CC(=O)NCCCC(C)C)CC(=O)N(C)N1Cc2ccccc2C1. The highest BCUT2D eigenvalue weighted by molar-refractivity contribution is 5.87. The number of furan rings is 1. The quantitative estimate of drug-likeness (QED) is 0.333. The molecule has 0 unspecified atom stereocenters. The fraction of sp³-hybridized carbons (Fsp3) is 0.419. The normalized spacial score (nSPS) is 12.7. The number of anilines is 1. The van der Waals surface area contributed by atoms with Crippen molar-refractivity contribution in [2.75, 3.05) is 31.6 Å². The van der Waals surface area contributed by atoms with E-state index in [2.05, 4.69) is 31.3 Å². The van der Waals surface area contributed by atoms with Crippen molar-refractivity contribution in [3.05, 3.63) is 77.6 Å². The van der Waals surface area contributed by atoms with Crippen molar-refractivity contribution < 1.29 is 14.0 Å². The standard InChI is InChI=1S/C30H38N4O3.CH4/c1-22(2)9-7-15-31-29(35)20-33(27-17-24(14-13-23(27)3)28-12-8-16-37-28)21-30(36)32(4)34-18-25-10-5-6-11-26(25)19-34;/h5-6,8,10-14,16-17,22H,7,9,15,18-21H2,1-4H3,(H,31,35);1H4. The van der Waals surface area contributed by atoms with Gasteiger partial charge in [0.05, 0.1) is 19.4 Å². The van der Waals surface area contributed by atoms with Gasteiger partial charge in [-0.1, -0.05) is 57.7 Å². The third-order valence-electron chi connectivity index (χ3n) is 6.91. The molecule has 4 rings (SSSR count). The van der Waals surface area contributed by atoms with E-state index >= 15 is 0 Å². The summed E-state index contributed by atoms with van der Waals surface area (Å²) >= 11 is 0. The van der Waals surface area contributed by atoms with Crippen molar-refractivity contribution in [3.8, 4) is 11.3 Å². The van der Waals surface area contributed by atoms with Crippen molar-refractivity contribution in [2.45, 2.75) is 54.1 Å². The van der Waals surface area contributed by atoms with E-state index in [0.717, 1.165) is 35.4 Å². The minimum absolute atomic E-state index is 0. The Morgan fingerprint density at radius 2 is 1.74 bits per heavy atom. The summed E-state index contributed by atoms with van der Waals surface area (Å²) in [5, 5.41) is 6.77. The first-order chi connectivity index (χ1) is 17.8. The average Bonchev–Trinajstić information content (AvgIpc) is 3.56. The van der Waals surface area contributed by atoms with Crippen molar-refractivity contribution >= 4 is 17.5 Å². The summed E-state index contributed by atoms with van der Waals surface area (Å²) in [5.41, 5.74) is 5.22. The number of fused-ring (bicyclic) bond motifs is 1. The van der Waals surface area contributed by atoms with Crippen LogP contribution in [0.4, 0.5) is 5.69 Å². The van der Waals surface area contributed by atoms with Gasteiger partial charge in [-0.3, -0.25) is 14.6 Å². The second-order valence-corrected chi connectivity index (χ2v) is 10.2. The molecule has 204 valence electrons. The van der Waals surface area contributed by atoms with Crippen LogP contribution in [0.3, 0.4) is 0 Å². The fourth-order valence-corrected chi connectivity index (χ4v) is 4.69. The lowest BCUT2D eigenvalue weighted by molar-refractivity contribution is -0.145. The average molecular weight is 519 g/mol. The van der Waals surface area contributed by atoms with Gasteiger partial charge in [-0.25, -0.2) is 5.01 Å². The molecule has 0 bridgehead atoms. The van der Waals surface area contributed by atoms with Gasteiger partial charge in [-0.2, -0.15) is 0 Å². The van der Waals surface area contributed by atoms with Crippen molar-refractivity contribution in [1.82, 2.24) is 15.3 Å². The van der Waals surface area contributed by atoms with Gasteiger partial charge >= 0.3 is 0 Å². The highest BCUT2D eigenvalue weighted by Gasteiger charge is 2.27. The summed E-state index contributed by atoms with van der Waals surface area (Å²) < 4.78 is 5.60. The number of nitrogens with one attached hydrogen (secondary N) is 1. The zero-order valence-corrected chi connectivity index (χ0v) is 22.4. The van der Waals surface area contributed by atoms with E-state index in [9.17, 15) is 9.59 Å². The molecule has 3 aromatic rings. The first-order valence-electron chi connectivity index (χ1n) is 13.1. The van der Waals surface area contributed by atoms with Gasteiger partial charge in [0.2, 0.25) is 5.91 Å². The molecule has 0 fully saturated rings. The number of benzene rings is 2. The summed E-state index contributed by atoms with van der Waals surface area (Å²) in [4.78, 5) is 28.3. The molecule has 38 heavy (non-hydrogen) atoms. The second-order valence-electron chi connectivity index (χ2n) is 10.2. The maximum atomic E-state index is 13.5. The number of hydrogen-bond acceptors (Lipinski definition) is 5. The zero-order chi connectivity index (χ0) is 26.4. The Kier molecular flexibility index (Phi) is 10.1. The van der Waals surface area contributed by atoms with E-state index in [1.165, 1.54) is 11.1 Å². The Balaban J connectivity index is 0.00000400. The molecular weight excluding hydrogens is 476 g/mol. The number of rotatable bonds is 11. The largest absolute Gasteiger partial charge is 0.464 e. The Labute approximate surface area is 227 Å². The summed E-state index contributed by atoms with van der Waals surface area (Å²) in [7, 11) is 1.81. The molecule has 1 aliphatic heterocycles. The first-order valence-corrected chi connectivity index (χ1v) is 13.1. The maximum Gasteiger partial charge on any atom is 0.256 e. The van der Waals surface area contributed by atoms with E-state index in [1.807, 2.05) is 66.3 Å². The van der Waals surface area contributed by atoms with E-state index in [0.29, 0.717) is 25.6 Å². The van der Waals surface area contributed by atoms with Gasteiger partial charge in [0, 0.05) is 37.9 Å². The summed E-state index contributed by atoms with van der Waals surface area (Å²) in [6, 6.07) is 18.0. The van der Waals surface area contributed by atoms with Crippen molar-refractivity contribution in [1.29, 1.82) is 0 Å². The van der Waals surface area contributed by atoms with Gasteiger partial charge in [-0.15, -0.1) is 0 Å². The number of nitrogens with zero attached hydrogens (tertiary/aromatic N) is 3.